The van der Waals surface area contributed by atoms with Gasteiger partial charge in [-0.05, 0) is 30.3 Å². The highest BCUT2D eigenvalue weighted by Gasteiger charge is 2.13. The maximum absolute atomic E-state index is 12.6. The first kappa shape index (κ1) is 23.3. The van der Waals surface area contributed by atoms with E-state index in [1.807, 2.05) is 35.9 Å². The summed E-state index contributed by atoms with van der Waals surface area (Å²) in [6.07, 6.45) is 1.83. The Balaban J connectivity index is 1.73. The van der Waals surface area contributed by atoms with Crippen molar-refractivity contribution in [3.8, 4) is 5.75 Å². The van der Waals surface area contributed by atoms with E-state index >= 15 is 0 Å². The van der Waals surface area contributed by atoms with E-state index in [2.05, 4.69) is 29.1 Å². The van der Waals surface area contributed by atoms with Crippen LogP contribution in [0.4, 0.5) is 5.69 Å². The van der Waals surface area contributed by atoms with Crippen LogP contribution in [0.5, 0.6) is 5.75 Å². The second-order valence-electron chi connectivity index (χ2n) is 6.70. The lowest BCUT2D eigenvalue weighted by molar-refractivity contribution is -0.118. The minimum Gasteiger partial charge on any atom is -0.497 e. The molecule has 0 bridgehead atoms. The average Bonchev–Trinajstić information content (AvgIpc) is 2.95. The third-order valence-electron chi connectivity index (χ3n) is 4.26. The number of anilines is 1. The minimum atomic E-state index is -0.221. The average molecular weight is 466 g/mol. The number of carbonyl (C=O) groups is 2. The normalized spacial score (nSPS) is 13.1. The van der Waals surface area contributed by atoms with E-state index in [1.54, 1.807) is 31.4 Å². The summed E-state index contributed by atoms with van der Waals surface area (Å²) in [6.45, 7) is 9.38. The Morgan fingerprint density at radius 3 is 2.69 bits per heavy atom. The van der Waals surface area contributed by atoms with Crippen molar-refractivity contribution < 1.29 is 14.3 Å². The first-order valence-electron chi connectivity index (χ1n) is 9.58. The van der Waals surface area contributed by atoms with Crippen molar-refractivity contribution in [2.75, 3.05) is 12.4 Å². The Bertz CT molecular complexity index is 1140. The molecule has 0 fully saturated rings. The van der Waals surface area contributed by atoms with E-state index < -0.39 is 0 Å². The number of rotatable bonds is 7. The molecule has 32 heavy (non-hydrogen) atoms. The Hall–Kier alpha value is -3.36. The molecule has 6 nitrogen and oxygen atoms in total. The number of nitrogens with one attached hydrogen (secondary N) is 3. The highest BCUT2D eigenvalue weighted by molar-refractivity contribution is 8.11. The van der Waals surface area contributed by atoms with Gasteiger partial charge < -0.3 is 20.7 Å². The number of methoxy groups -OCH3 is 1. The van der Waals surface area contributed by atoms with Gasteiger partial charge in [-0.25, -0.2) is 0 Å². The fourth-order valence-corrected chi connectivity index (χ4v) is 4.37. The number of hydrogen-bond acceptors (Lipinski definition) is 6. The predicted molar refractivity (Wildman–Crippen MR) is 134 cm³/mol. The molecule has 0 radical (unpaired) electrons. The van der Waals surface area contributed by atoms with Crippen molar-refractivity contribution in [3.05, 3.63) is 99.3 Å². The van der Waals surface area contributed by atoms with Crippen LogP contribution in [0.15, 0.2) is 88.1 Å². The maximum atomic E-state index is 12.6. The zero-order chi connectivity index (χ0) is 23.1. The van der Waals surface area contributed by atoms with Crippen LogP contribution in [-0.2, 0) is 4.79 Å². The third kappa shape index (κ3) is 6.32. The molecule has 8 heteroatoms. The second-order valence-corrected chi connectivity index (χ2v) is 8.80. The smallest absolute Gasteiger partial charge is 0.255 e. The quantitative estimate of drug-likeness (QED) is 0.516. The molecule has 0 atom stereocenters. The molecular formula is C24H23N3O3S2. The van der Waals surface area contributed by atoms with Crippen molar-refractivity contribution in [2.24, 2.45) is 0 Å². The zero-order valence-electron chi connectivity index (χ0n) is 17.7. The number of thioether (sulfide) groups is 2. The van der Waals surface area contributed by atoms with Crippen molar-refractivity contribution >= 4 is 46.7 Å². The lowest BCUT2D eigenvalue weighted by Gasteiger charge is -2.11. The lowest BCUT2D eigenvalue weighted by atomic mass is 10.1. The predicted octanol–water partition coefficient (Wildman–Crippen LogP) is 5.28. The molecule has 3 N–H and O–H groups in total. The summed E-state index contributed by atoms with van der Waals surface area (Å²) in [5.74, 6) is 0.231. The molecule has 3 rings (SSSR count). The summed E-state index contributed by atoms with van der Waals surface area (Å²) in [5, 5.41) is 11.3. The molecule has 0 spiro atoms. The summed E-state index contributed by atoms with van der Waals surface area (Å²) in [5.41, 5.74) is 2.94. The van der Waals surface area contributed by atoms with Gasteiger partial charge in [-0.15, -0.1) is 0 Å². The molecular weight excluding hydrogens is 442 g/mol. The van der Waals surface area contributed by atoms with E-state index in [1.165, 1.54) is 30.4 Å². The number of ether oxygens (including phenoxy) is 1. The van der Waals surface area contributed by atoms with Crippen LogP contribution < -0.4 is 20.7 Å². The van der Waals surface area contributed by atoms with Crippen molar-refractivity contribution in [1.82, 2.24) is 10.6 Å². The van der Waals surface area contributed by atoms with Crippen molar-refractivity contribution in [1.29, 1.82) is 0 Å². The maximum Gasteiger partial charge on any atom is 0.255 e. The molecule has 0 saturated heterocycles. The Labute approximate surface area is 195 Å². The number of benzene rings is 2. The van der Waals surface area contributed by atoms with Crippen molar-refractivity contribution in [2.45, 2.75) is 6.92 Å². The van der Waals surface area contributed by atoms with Gasteiger partial charge >= 0.3 is 0 Å². The first-order valence-corrected chi connectivity index (χ1v) is 11.3. The van der Waals surface area contributed by atoms with E-state index in [0.29, 0.717) is 22.0 Å². The Kier molecular flexibility index (Phi) is 7.86. The van der Waals surface area contributed by atoms with E-state index in [-0.39, 0.29) is 11.8 Å². The first-order chi connectivity index (χ1) is 15.4. The standard InChI is InChI=1S/C24H23N3O3S2/c1-15-23(32-17(3)26-16(2)28)13-25-22(14-31-15)18-7-5-9-20(11-18)27-24(29)19-8-6-10-21(12-19)30-4/h5-14,25H,1,3H2,2,4H3,(H,26,28)(H,27,29). The highest BCUT2D eigenvalue weighted by Crippen LogP contribution is 2.37. The molecule has 164 valence electrons. The monoisotopic (exact) mass is 465 g/mol. The molecule has 0 unspecified atom stereocenters. The minimum absolute atomic E-state index is 0.172. The molecule has 1 aliphatic heterocycles. The number of amides is 2. The number of hydrogen-bond donors (Lipinski definition) is 3. The summed E-state index contributed by atoms with van der Waals surface area (Å²) in [4.78, 5) is 25.5. The van der Waals surface area contributed by atoms with Gasteiger partial charge in [-0.1, -0.05) is 54.9 Å². The van der Waals surface area contributed by atoms with Crippen LogP contribution >= 0.6 is 23.5 Å². The highest BCUT2D eigenvalue weighted by atomic mass is 32.2. The summed E-state index contributed by atoms with van der Waals surface area (Å²) in [7, 11) is 1.56. The van der Waals surface area contributed by atoms with Crippen LogP contribution in [0.2, 0.25) is 0 Å². The molecule has 1 heterocycles. The zero-order valence-corrected chi connectivity index (χ0v) is 19.4. The summed E-state index contributed by atoms with van der Waals surface area (Å²) < 4.78 is 5.19. The van der Waals surface area contributed by atoms with Crippen LogP contribution in [0.3, 0.4) is 0 Å². The van der Waals surface area contributed by atoms with Gasteiger partial charge in [0.05, 0.1) is 17.8 Å². The van der Waals surface area contributed by atoms with Gasteiger partial charge in [0.1, 0.15) is 5.75 Å². The van der Waals surface area contributed by atoms with Crippen LogP contribution in [-0.4, -0.2) is 18.9 Å². The van der Waals surface area contributed by atoms with Crippen molar-refractivity contribution in [3.63, 3.8) is 0 Å². The van der Waals surface area contributed by atoms with Gasteiger partial charge in [0.15, 0.2) is 0 Å². The molecule has 1 aliphatic rings. The fraction of sp³-hybridized carbons (Fsp3) is 0.0833. The molecule has 2 amide bonds. The summed E-state index contributed by atoms with van der Waals surface area (Å²) >= 11 is 2.80. The van der Waals surface area contributed by atoms with Crippen LogP contribution in [0.1, 0.15) is 22.8 Å². The topological polar surface area (TPSA) is 79.5 Å². The van der Waals surface area contributed by atoms with E-state index in [0.717, 1.165) is 21.1 Å². The van der Waals surface area contributed by atoms with Gasteiger partial charge in [0.25, 0.3) is 5.91 Å². The van der Waals surface area contributed by atoms with Gasteiger partial charge in [-0.3, -0.25) is 9.59 Å². The van der Waals surface area contributed by atoms with Crippen LogP contribution in [0, 0.1) is 0 Å². The Morgan fingerprint density at radius 1 is 1.16 bits per heavy atom. The summed E-state index contributed by atoms with van der Waals surface area (Å²) in [6, 6.07) is 14.5. The van der Waals surface area contributed by atoms with Crippen LogP contribution in [0.25, 0.3) is 5.70 Å². The van der Waals surface area contributed by atoms with Gasteiger partial charge in [0, 0.05) is 45.2 Å². The van der Waals surface area contributed by atoms with E-state index in [4.69, 9.17) is 4.74 Å². The lowest BCUT2D eigenvalue weighted by Crippen LogP contribution is -2.16. The number of carbonyl (C=O) groups excluding carboxylic acids is 2. The molecule has 0 saturated carbocycles. The fourth-order valence-electron chi connectivity index (χ4n) is 2.77. The molecule has 2 aromatic rings. The largest absolute Gasteiger partial charge is 0.497 e. The molecule has 0 aromatic heterocycles. The van der Waals surface area contributed by atoms with Gasteiger partial charge in [0.2, 0.25) is 5.91 Å². The van der Waals surface area contributed by atoms with Gasteiger partial charge in [-0.2, -0.15) is 0 Å². The third-order valence-corrected chi connectivity index (χ3v) is 6.18. The SMILES string of the molecule is C=C(NC(C)=O)SC1=CNC(c2cccc(NC(=O)c3cccc(OC)c3)c2)=CSC1=C. The van der Waals surface area contributed by atoms with E-state index in [9.17, 15) is 9.59 Å². The Morgan fingerprint density at radius 2 is 1.94 bits per heavy atom. The second kappa shape index (κ2) is 10.8. The molecule has 0 aliphatic carbocycles. The molecule has 2 aromatic carbocycles.